The van der Waals surface area contributed by atoms with Gasteiger partial charge in [0.25, 0.3) is 0 Å². The van der Waals surface area contributed by atoms with E-state index < -0.39 is 0 Å². The molecule has 22 heavy (non-hydrogen) atoms. The molecule has 0 unspecified atom stereocenters. The Morgan fingerprint density at radius 1 is 1.09 bits per heavy atom. The number of hydrogen-bond acceptors (Lipinski definition) is 2. The van der Waals surface area contributed by atoms with E-state index in [4.69, 9.17) is 0 Å². The van der Waals surface area contributed by atoms with Gasteiger partial charge in [-0.2, -0.15) is 0 Å². The number of ketones is 1. The first kappa shape index (κ1) is 14.6. The molecule has 0 aliphatic heterocycles. The first-order valence-electron chi connectivity index (χ1n) is 7.73. The van der Waals surface area contributed by atoms with Crippen LogP contribution in [0.4, 0.5) is 0 Å². The molecule has 1 aliphatic carbocycles. The van der Waals surface area contributed by atoms with E-state index in [0.717, 1.165) is 23.8 Å². The Kier molecular flexibility index (Phi) is 4.10. The van der Waals surface area contributed by atoms with Gasteiger partial charge in [-0.05, 0) is 41.3 Å². The second-order valence-electron chi connectivity index (χ2n) is 5.97. The van der Waals surface area contributed by atoms with Gasteiger partial charge in [0.15, 0.2) is 5.78 Å². The molecule has 0 amide bonds. The third-order valence-electron chi connectivity index (χ3n) is 4.21. The fraction of sp³-hybridized carbons (Fsp3) is 0.250. The second kappa shape index (κ2) is 6.18. The van der Waals surface area contributed by atoms with Crippen LogP contribution in [0.2, 0.25) is 0 Å². The number of benzene rings is 2. The second-order valence-corrected chi connectivity index (χ2v) is 5.97. The highest BCUT2D eigenvalue weighted by Crippen LogP contribution is 2.25. The van der Waals surface area contributed by atoms with Crippen LogP contribution in [0.25, 0.3) is 10.8 Å². The molecule has 0 heterocycles. The van der Waals surface area contributed by atoms with Crippen molar-refractivity contribution in [2.45, 2.75) is 19.3 Å². The van der Waals surface area contributed by atoms with E-state index in [1.54, 1.807) is 0 Å². The molecule has 0 bridgehead atoms. The van der Waals surface area contributed by atoms with Crippen LogP contribution in [0.5, 0.6) is 0 Å². The van der Waals surface area contributed by atoms with Crippen LogP contribution in [0, 0.1) is 0 Å². The molecular weight excluding hydrogens is 270 g/mol. The van der Waals surface area contributed by atoms with E-state index in [9.17, 15) is 4.79 Å². The minimum absolute atomic E-state index is 0.225. The van der Waals surface area contributed by atoms with Crippen molar-refractivity contribution < 1.29 is 4.79 Å². The van der Waals surface area contributed by atoms with E-state index in [0.29, 0.717) is 6.42 Å². The molecule has 2 heteroatoms. The van der Waals surface area contributed by atoms with Crippen LogP contribution in [0.1, 0.15) is 29.6 Å². The minimum Gasteiger partial charge on any atom is -0.378 e. The smallest absolute Gasteiger partial charge is 0.163 e. The Morgan fingerprint density at radius 2 is 1.86 bits per heavy atom. The zero-order valence-corrected chi connectivity index (χ0v) is 13.2. The summed E-state index contributed by atoms with van der Waals surface area (Å²) in [5, 5.41) is 2.31. The van der Waals surface area contributed by atoms with Crippen LogP contribution < -0.4 is 0 Å². The molecule has 2 aromatic carbocycles. The van der Waals surface area contributed by atoms with Crippen molar-refractivity contribution in [1.29, 1.82) is 0 Å². The summed E-state index contributed by atoms with van der Waals surface area (Å²) in [6, 6.07) is 14.1. The lowest BCUT2D eigenvalue weighted by molar-refractivity contribution is 0.0982. The van der Waals surface area contributed by atoms with Gasteiger partial charge in [0.05, 0.1) is 0 Å². The number of nitrogens with zero attached hydrogens (tertiary/aromatic N) is 1. The third kappa shape index (κ3) is 2.96. The van der Waals surface area contributed by atoms with Gasteiger partial charge in [0.2, 0.25) is 0 Å². The van der Waals surface area contributed by atoms with E-state index in [1.165, 1.54) is 16.7 Å². The highest BCUT2D eigenvalue weighted by molar-refractivity contribution is 6.00. The van der Waals surface area contributed by atoms with Crippen LogP contribution in [-0.2, 0) is 0 Å². The third-order valence-corrected chi connectivity index (χ3v) is 4.21. The molecule has 1 aliphatic rings. The molecule has 2 aromatic rings. The summed E-state index contributed by atoms with van der Waals surface area (Å²) in [7, 11) is 4.10. The van der Waals surface area contributed by atoms with Crippen LogP contribution in [0.15, 0.2) is 65.9 Å². The van der Waals surface area contributed by atoms with Crippen LogP contribution in [-0.4, -0.2) is 24.8 Å². The average molecular weight is 291 g/mol. The Balaban J connectivity index is 1.72. The number of fused-ring (bicyclic) bond motifs is 1. The minimum atomic E-state index is 0.225. The summed E-state index contributed by atoms with van der Waals surface area (Å²) in [5.41, 5.74) is 3.43. The standard InChI is InChI=1S/C20H21NO/c1-21(2)19-9-5-8-16(19)12-13-20(22)18-11-10-15-6-3-4-7-17(15)14-18/h3-7,9-11,14H,8,12-13H2,1-2H3. The molecule has 0 saturated carbocycles. The number of Topliss-reactive ketones (excluding diaryl/α,β-unsaturated/α-hetero) is 1. The number of hydrogen-bond donors (Lipinski definition) is 0. The van der Waals surface area contributed by atoms with Gasteiger partial charge in [-0.25, -0.2) is 0 Å². The van der Waals surface area contributed by atoms with Crippen LogP contribution >= 0.6 is 0 Å². The average Bonchev–Trinajstić information content (AvgIpc) is 3.01. The summed E-state index contributed by atoms with van der Waals surface area (Å²) < 4.78 is 0. The fourth-order valence-electron chi connectivity index (χ4n) is 3.00. The zero-order valence-electron chi connectivity index (χ0n) is 13.2. The largest absolute Gasteiger partial charge is 0.378 e. The molecule has 2 nitrogen and oxygen atoms in total. The van der Waals surface area contributed by atoms with Gasteiger partial charge >= 0.3 is 0 Å². The van der Waals surface area contributed by atoms with E-state index in [-0.39, 0.29) is 5.78 Å². The van der Waals surface area contributed by atoms with Crippen molar-refractivity contribution in [3.8, 4) is 0 Å². The van der Waals surface area contributed by atoms with Crippen molar-refractivity contribution in [1.82, 2.24) is 4.90 Å². The first-order valence-corrected chi connectivity index (χ1v) is 7.73. The molecule has 0 radical (unpaired) electrons. The van der Waals surface area contributed by atoms with Gasteiger partial charge in [-0.15, -0.1) is 0 Å². The van der Waals surface area contributed by atoms with Crippen molar-refractivity contribution in [3.63, 3.8) is 0 Å². The lowest BCUT2D eigenvalue weighted by Crippen LogP contribution is -2.10. The highest BCUT2D eigenvalue weighted by atomic mass is 16.1. The SMILES string of the molecule is CN(C)C1=C(CCC(=O)c2ccc3ccccc3c2)CC=C1. The summed E-state index contributed by atoms with van der Waals surface area (Å²) in [5.74, 6) is 0.225. The maximum absolute atomic E-state index is 12.5. The Hall–Kier alpha value is -2.35. The fourth-order valence-corrected chi connectivity index (χ4v) is 3.00. The maximum Gasteiger partial charge on any atom is 0.163 e. The predicted octanol–water partition coefficient (Wildman–Crippen LogP) is 4.58. The summed E-state index contributed by atoms with van der Waals surface area (Å²) in [6.07, 6.45) is 6.71. The lowest BCUT2D eigenvalue weighted by Gasteiger charge is -2.15. The number of allylic oxidation sites excluding steroid dienone is 3. The number of carbonyl (C=O) groups is 1. The quantitative estimate of drug-likeness (QED) is 0.752. The van der Waals surface area contributed by atoms with Crippen molar-refractivity contribution in [3.05, 3.63) is 71.5 Å². The lowest BCUT2D eigenvalue weighted by atomic mass is 9.99. The molecule has 0 saturated heterocycles. The molecular formula is C20H21NO. The number of carbonyl (C=O) groups excluding carboxylic acids is 1. The molecule has 0 aromatic heterocycles. The number of rotatable bonds is 5. The summed E-state index contributed by atoms with van der Waals surface area (Å²) >= 11 is 0. The number of likely N-dealkylation sites (N-methyl/N-ethyl adjacent to an activating group) is 1. The van der Waals surface area contributed by atoms with Gasteiger partial charge in [0.1, 0.15) is 0 Å². The van der Waals surface area contributed by atoms with Gasteiger partial charge < -0.3 is 4.90 Å². The monoisotopic (exact) mass is 291 g/mol. The first-order chi connectivity index (χ1) is 10.6. The highest BCUT2D eigenvalue weighted by Gasteiger charge is 2.13. The molecule has 3 rings (SSSR count). The van der Waals surface area contributed by atoms with E-state index >= 15 is 0 Å². The zero-order chi connectivity index (χ0) is 15.5. The Bertz CT molecular complexity index is 768. The van der Waals surface area contributed by atoms with Gasteiger partial charge in [0, 0.05) is 31.8 Å². The Morgan fingerprint density at radius 3 is 2.64 bits per heavy atom. The van der Waals surface area contributed by atoms with Crippen molar-refractivity contribution in [2.24, 2.45) is 0 Å². The van der Waals surface area contributed by atoms with E-state index in [2.05, 4.69) is 43.3 Å². The maximum atomic E-state index is 12.5. The van der Waals surface area contributed by atoms with Crippen LogP contribution in [0.3, 0.4) is 0 Å². The van der Waals surface area contributed by atoms with Gasteiger partial charge in [-0.1, -0.05) is 42.5 Å². The molecule has 0 atom stereocenters. The molecule has 112 valence electrons. The van der Waals surface area contributed by atoms with E-state index in [1.807, 2.05) is 30.3 Å². The van der Waals surface area contributed by atoms with Crippen molar-refractivity contribution in [2.75, 3.05) is 14.1 Å². The van der Waals surface area contributed by atoms with Crippen molar-refractivity contribution >= 4 is 16.6 Å². The van der Waals surface area contributed by atoms with Gasteiger partial charge in [-0.3, -0.25) is 4.79 Å². The normalized spacial score (nSPS) is 13.9. The molecule has 0 fully saturated rings. The predicted molar refractivity (Wildman–Crippen MR) is 92.0 cm³/mol. The summed E-state index contributed by atoms with van der Waals surface area (Å²) in [4.78, 5) is 14.6. The topological polar surface area (TPSA) is 20.3 Å². The molecule has 0 N–H and O–H groups in total. The molecule has 0 spiro atoms. The summed E-state index contributed by atoms with van der Waals surface area (Å²) in [6.45, 7) is 0. The Labute approximate surface area is 131 Å².